The lowest BCUT2D eigenvalue weighted by Gasteiger charge is -2.50. The lowest BCUT2D eigenvalue weighted by molar-refractivity contribution is -0.150. The fraction of sp³-hybridized carbons (Fsp3) is 0.636. The van der Waals surface area contributed by atoms with Crippen molar-refractivity contribution in [2.45, 2.75) is 70.6 Å². The van der Waals surface area contributed by atoms with Crippen molar-refractivity contribution < 1.29 is 14.7 Å². The van der Waals surface area contributed by atoms with Gasteiger partial charge in [-0.15, -0.1) is 0 Å². The Kier molecular flexibility index (Phi) is 5.89. The second-order valence-electron chi connectivity index (χ2n) is 8.27. The monoisotopic (exact) mass is 372 g/mol. The van der Waals surface area contributed by atoms with Crippen LogP contribution in [-0.4, -0.2) is 40.0 Å². The molecule has 1 aromatic carbocycles. The first-order chi connectivity index (χ1) is 12.9. The van der Waals surface area contributed by atoms with Crippen molar-refractivity contribution in [1.82, 2.24) is 10.2 Å². The molecule has 3 rings (SSSR count). The summed E-state index contributed by atoms with van der Waals surface area (Å²) in [7, 11) is 0. The number of nitrogens with one attached hydrogen (secondary N) is 1. The number of nitrogens with zero attached hydrogens (tertiary/aromatic N) is 1. The summed E-state index contributed by atoms with van der Waals surface area (Å²) in [5, 5.41) is 14.2. The van der Waals surface area contributed by atoms with Crippen LogP contribution in [0.5, 0.6) is 0 Å². The fourth-order valence-corrected chi connectivity index (χ4v) is 4.15. The molecule has 2 aliphatic rings. The van der Waals surface area contributed by atoms with Gasteiger partial charge in [0.1, 0.15) is 0 Å². The number of likely N-dealkylation sites (tertiary alicyclic amines) is 1. The van der Waals surface area contributed by atoms with Crippen molar-refractivity contribution >= 4 is 11.8 Å². The Morgan fingerprint density at radius 1 is 1.22 bits per heavy atom. The molecule has 5 heteroatoms. The number of hydrogen-bond acceptors (Lipinski definition) is 3. The van der Waals surface area contributed by atoms with Gasteiger partial charge in [0.05, 0.1) is 17.7 Å². The SMILES string of the molecule is CCC(CC)C(=O)N1CCC(C)(O)C(NC(=O)C2CC2)C1c1ccccc1. The van der Waals surface area contributed by atoms with Crippen molar-refractivity contribution in [2.24, 2.45) is 11.8 Å². The largest absolute Gasteiger partial charge is 0.388 e. The lowest BCUT2D eigenvalue weighted by atomic mass is 9.78. The van der Waals surface area contributed by atoms with E-state index in [1.165, 1.54) is 0 Å². The van der Waals surface area contributed by atoms with E-state index < -0.39 is 11.6 Å². The van der Waals surface area contributed by atoms with Gasteiger partial charge in [-0.2, -0.15) is 0 Å². The maximum atomic E-state index is 13.3. The van der Waals surface area contributed by atoms with Crippen LogP contribution in [0, 0.1) is 11.8 Å². The summed E-state index contributed by atoms with van der Waals surface area (Å²) < 4.78 is 0. The highest BCUT2D eigenvalue weighted by Crippen LogP contribution is 2.39. The minimum atomic E-state index is -1.06. The number of carbonyl (C=O) groups excluding carboxylic acids is 2. The van der Waals surface area contributed by atoms with Crippen LogP contribution in [0.15, 0.2) is 30.3 Å². The second kappa shape index (κ2) is 8.01. The predicted octanol–water partition coefficient (Wildman–Crippen LogP) is 3.04. The summed E-state index contributed by atoms with van der Waals surface area (Å²) in [5.41, 5.74) is -0.103. The van der Waals surface area contributed by atoms with Gasteiger partial charge in [0, 0.05) is 18.4 Å². The topological polar surface area (TPSA) is 69.6 Å². The average Bonchev–Trinajstić information content (AvgIpc) is 3.50. The first-order valence-corrected chi connectivity index (χ1v) is 10.3. The first kappa shape index (κ1) is 19.9. The zero-order valence-corrected chi connectivity index (χ0v) is 16.6. The lowest BCUT2D eigenvalue weighted by Crippen LogP contribution is -2.64. The normalized spacial score (nSPS) is 28.3. The van der Waals surface area contributed by atoms with Crippen molar-refractivity contribution in [3.05, 3.63) is 35.9 Å². The van der Waals surface area contributed by atoms with E-state index in [9.17, 15) is 14.7 Å². The van der Waals surface area contributed by atoms with Crippen molar-refractivity contribution in [3.8, 4) is 0 Å². The van der Waals surface area contributed by atoms with Crippen molar-refractivity contribution in [3.63, 3.8) is 0 Å². The Morgan fingerprint density at radius 3 is 2.41 bits per heavy atom. The van der Waals surface area contributed by atoms with Gasteiger partial charge in [-0.25, -0.2) is 0 Å². The predicted molar refractivity (Wildman–Crippen MR) is 105 cm³/mol. The van der Waals surface area contributed by atoms with Gasteiger partial charge in [-0.05, 0) is 44.6 Å². The molecule has 1 aromatic rings. The molecule has 2 N–H and O–H groups in total. The molecule has 1 saturated carbocycles. The third-order valence-electron chi connectivity index (χ3n) is 6.19. The molecular weight excluding hydrogens is 340 g/mol. The maximum Gasteiger partial charge on any atom is 0.226 e. The smallest absolute Gasteiger partial charge is 0.226 e. The van der Waals surface area contributed by atoms with Gasteiger partial charge in [0.25, 0.3) is 0 Å². The summed E-state index contributed by atoms with van der Waals surface area (Å²) >= 11 is 0. The molecule has 2 amide bonds. The van der Waals surface area contributed by atoms with Crippen LogP contribution in [0.1, 0.15) is 64.5 Å². The van der Waals surface area contributed by atoms with Gasteiger partial charge in [-0.3, -0.25) is 9.59 Å². The zero-order chi connectivity index (χ0) is 19.6. The molecule has 3 atom stereocenters. The molecule has 0 radical (unpaired) electrons. The molecule has 2 fully saturated rings. The van der Waals surface area contributed by atoms with Crippen LogP contribution in [0.25, 0.3) is 0 Å². The van der Waals surface area contributed by atoms with E-state index >= 15 is 0 Å². The van der Waals surface area contributed by atoms with Crippen LogP contribution < -0.4 is 5.32 Å². The van der Waals surface area contributed by atoms with Crippen molar-refractivity contribution in [1.29, 1.82) is 0 Å². The molecule has 0 spiro atoms. The molecule has 1 aliphatic heterocycles. The Bertz CT molecular complexity index is 665. The van der Waals surface area contributed by atoms with Gasteiger partial charge in [0.15, 0.2) is 0 Å². The number of rotatable bonds is 6. The van der Waals surface area contributed by atoms with Crippen LogP contribution in [0.3, 0.4) is 0 Å². The molecule has 0 bridgehead atoms. The fourth-order valence-electron chi connectivity index (χ4n) is 4.15. The molecule has 3 unspecified atom stereocenters. The average molecular weight is 373 g/mol. The van der Waals surface area contributed by atoms with Crippen LogP contribution in [0.4, 0.5) is 0 Å². The van der Waals surface area contributed by atoms with Crippen LogP contribution in [-0.2, 0) is 9.59 Å². The summed E-state index contributed by atoms with van der Waals surface area (Å²) in [5.74, 6) is 0.148. The van der Waals surface area contributed by atoms with Crippen molar-refractivity contribution in [2.75, 3.05) is 6.54 Å². The summed E-state index contributed by atoms with van der Waals surface area (Å²) in [4.78, 5) is 27.7. The third kappa shape index (κ3) is 4.18. The van der Waals surface area contributed by atoms with Gasteiger partial charge in [-0.1, -0.05) is 44.2 Å². The van der Waals surface area contributed by atoms with E-state index in [4.69, 9.17) is 0 Å². The number of aliphatic hydroxyl groups is 1. The Hall–Kier alpha value is -1.88. The van der Waals surface area contributed by atoms with E-state index in [2.05, 4.69) is 5.32 Å². The molecule has 1 heterocycles. The number of hydrogen-bond donors (Lipinski definition) is 2. The van der Waals surface area contributed by atoms with Gasteiger partial charge < -0.3 is 15.3 Å². The van der Waals surface area contributed by atoms with Gasteiger partial charge in [0.2, 0.25) is 11.8 Å². The minimum absolute atomic E-state index is 0.00182. The molecule has 1 aliphatic carbocycles. The van der Waals surface area contributed by atoms with E-state index in [1.54, 1.807) is 6.92 Å². The van der Waals surface area contributed by atoms with Crippen LogP contribution >= 0.6 is 0 Å². The standard InChI is InChI=1S/C22H32N2O3/c1-4-15(5-2)21(26)24-14-13-22(3,27)19(23-20(25)17-11-12-17)18(24)16-9-7-6-8-10-16/h6-10,15,17-19,27H,4-5,11-14H2,1-3H3,(H,23,25). The van der Waals surface area contributed by atoms with Gasteiger partial charge >= 0.3 is 0 Å². The summed E-state index contributed by atoms with van der Waals surface area (Å²) in [6.07, 6.45) is 3.86. The van der Waals surface area contributed by atoms with E-state index in [0.717, 1.165) is 31.2 Å². The molecule has 0 aromatic heterocycles. The molecule has 148 valence electrons. The highest BCUT2D eigenvalue weighted by molar-refractivity contribution is 5.82. The summed E-state index contributed by atoms with van der Waals surface area (Å²) in [6.45, 7) is 6.35. The number of benzene rings is 1. The minimum Gasteiger partial charge on any atom is -0.388 e. The molecule has 27 heavy (non-hydrogen) atoms. The van der Waals surface area contributed by atoms with E-state index in [1.807, 2.05) is 49.1 Å². The number of piperidine rings is 1. The highest BCUT2D eigenvalue weighted by Gasteiger charge is 2.49. The van der Waals surface area contributed by atoms with E-state index in [0.29, 0.717) is 13.0 Å². The number of carbonyl (C=O) groups is 2. The van der Waals surface area contributed by atoms with Crippen LogP contribution in [0.2, 0.25) is 0 Å². The summed E-state index contributed by atoms with van der Waals surface area (Å²) in [6, 6.07) is 8.92. The Balaban J connectivity index is 1.97. The van der Waals surface area contributed by atoms with E-state index in [-0.39, 0.29) is 29.7 Å². The molecular formula is C22H32N2O3. The highest BCUT2D eigenvalue weighted by atomic mass is 16.3. The maximum absolute atomic E-state index is 13.3. The quantitative estimate of drug-likeness (QED) is 0.806. The molecule has 5 nitrogen and oxygen atoms in total. The third-order valence-corrected chi connectivity index (χ3v) is 6.19. The molecule has 1 saturated heterocycles. The number of amides is 2. The second-order valence-corrected chi connectivity index (χ2v) is 8.27. The first-order valence-electron chi connectivity index (χ1n) is 10.3. The Morgan fingerprint density at radius 2 is 1.85 bits per heavy atom. The Labute approximate surface area is 162 Å². The zero-order valence-electron chi connectivity index (χ0n) is 16.6.